The summed E-state index contributed by atoms with van der Waals surface area (Å²) in [5.41, 5.74) is 2.55. The summed E-state index contributed by atoms with van der Waals surface area (Å²) in [7, 11) is 0. The molecule has 1 saturated heterocycles. The van der Waals surface area contributed by atoms with E-state index >= 15 is 0 Å². The largest absolute Gasteiger partial charge is 0.313 e. The lowest BCUT2D eigenvalue weighted by molar-refractivity contribution is 0.305. The smallest absolute Gasteiger partial charge is 0.0629 e. The topological polar surface area (TPSA) is 24.4 Å². The fourth-order valence-corrected chi connectivity index (χ4v) is 3.15. The second-order valence-electron chi connectivity index (χ2n) is 5.14. The predicted molar refractivity (Wildman–Crippen MR) is 71.9 cm³/mol. The zero-order valence-electron chi connectivity index (χ0n) is 10.2. The highest BCUT2D eigenvalue weighted by Gasteiger charge is 2.31. The molecule has 1 aliphatic heterocycles. The van der Waals surface area contributed by atoms with Gasteiger partial charge in [0.25, 0.3) is 0 Å². The maximum atomic E-state index is 4.88. The van der Waals surface area contributed by atoms with Crippen molar-refractivity contribution in [3.63, 3.8) is 0 Å². The minimum absolute atomic E-state index is 0.692. The van der Waals surface area contributed by atoms with Gasteiger partial charge in [-0.25, -0.2) is 0 Å². The summed E-state index contributed by atoms with van der Waals surface area (Å²) < 4.78 is 0. The van der Waals surface area contributed by atoms with E-state index in [1.54, 1.807) is 0 Å². The van der Waals surface area contributed by atoms with Gasteiger partial charge in [-0.05, 0) is 31.4 Å². The lowest BCUT2D eigenvalue weighted by Crippen LogP contribution is -2.47. The standard InChI is InChI=1S/C15H20N2/c1-2-6-12(7-3-1)17-15-10-11-16-14-9-5-4-8-13(14)15/h1-3,6-7,13-14,16H,4-5,8-11H2. The Balaban J connectivity index is 1.83. The molecule has 1 saturated carbocycles. The van der Waals surface area contributed by atoms with E-state index in [4.69, 9.17) is 4.99 Å². The first-order valence-corrected chi connectivity index (χ1v) is 6.79. The SMILES string of the molecule is c1ccc(N=C2CCNC3CCCCC23)cc1. The molecule has 1 aromatic carbocycles. The number of hydrogen-bond donors (Lipinski definition) is 1. The van der Waals surface area contributed by atoms with Crippen LogP contribution >= 0.6 is 0 Å². The number of rotatable bonds is 1. The monoisotopic (exact) mass is 228 g/mol. The van der Waals surface area contributed by atoms with Gasteiger partial charge in [-0.2, -0.15) is 0 Å². The molecule has 1 heterocycles. The van der Waals surface area contributed by atoms with E-state index in [0.29, 0.717) is 12.0 Å². The molecule has 2 aliphatic rings. The number of benzene rings is 1. The second-order valence-corrected chi connectivity index (χ2v) is 5.14. The zero-order chi connectivity index (χ0) is 11.5. The third-order valence-corrected chi connectivity index (χ3v) is 4.01. The highest BCUT2D eigenvalue weighted by atomic mass is 15.0. The molecular weight excluding hydrogens is 208 g/mol. The molecule has 1 aliphatic carbocycles. The van der Waals surface area contributed by atoms with Crippen LogP contribution in [0.3, 0.4) is 0 Å². The van der Waals surface area contributed by atoms with Gasteiger partial charge in [-0.1, -0.05) is 31.0 Å². The van der Waals surface area contributed by atoms with Crippen LogP contribution in [0, 0.1) is 5.92 Å². The van der Waals surface area contributed by atoms with Gasteiger partial charge in [0.15, 0.2) is 0 Å². The van der Waals surface area contributed by atoms with Gasteiger partial charge in [0.1, 0.15) is 0 Å². The lowest BCUT2D eigenvalue weighted by Gasteiger charge is -2.37. The van der Waals surface area contributed by atoms with Gasteiger partial charge < -0.3 is 5.32 Å². The van der Waals surface area contributed by atoms with E-state index in [0.717, 1.165) is 18.7 Å². The van der Waals surface area contributed by atoms with Gasteiger partial charge in [-0.3, -0.25) is 4.99 Å². The van der Waals surface area contributed by atoms with Crippen LogP contribution in [0.15, 0.2) is 35.3 Å². The molecule has 3 rings (SSSR count). The Morgan fingerprint density at radius 1 is 1.06 bits per heavy atom. The third kappa shape index (κ3) is 2.42. The van der Waals surface area contributed by atoms with Gasteiger partial charge >= 0.3 is 0 Å². The Hall–Kier alpha value is -1.15. The van der Waals surface area contributed by atoms with Gasteiger partial charge in [0.05, 0.1) is 5.69 Å². The molecular formula is C15H20N2. The molecule has 1 aromatic rings. The first kappa shape index (κ1) is 11.0. The van der Waals surface area contributed by atoms with E-state index in [2.05, 4.69) is 35.6 Å². The van der Waals surface area contributed by atoms with E-state index in [1.807, 2.05) is 0 Å². The Bertz CT molecular complexity index is 395. The molecule has 2 heteroatoms. The van der Waals surface area contributed by atoms with Crippen molar-refractivity contribution >= 4 is 11.4 Å². The summed E-state index contributed by atoms with van der Waals surface area (Å²) in [5.74, 6) is 0.692. The van der Waals surface area contributed by atoms with Crippen LogP contribution in [-0.2, 0) is 0 Å². The van der Waals surface area contributed by atoms with Crippen molar-refractivity contribution in [1.29, 1.82) is 0 Å². The van der Waals surface area contributed by atoms with Crippen molar-refractivity contribution in [3.05, 3.63) is 30.3 Å². The average molecular weight is 228 g/mol. The van der Waals surface area contributed by atoms with Crippen molar-refractivity contribution < 1.29 is 0 Å². The summed E-state index contributed by atoms with van der Waals surface area (Å²) >= 11 is 0. The summed E-state index contributed by atoms with van der Waals surface area (Å²) in [4.78, 5) is 4.88. The van der Waals surface area contributed by atoms with Crippen molar-refractivity contribution in [1.82, 2.24) is 5.32 Å². The van der Waals surface area contributed by atoms with Crippen LogP contribution in [0.1, 0.15) is 32.1 Å². The van der Waals surface area contributed by atoms with Crippen LogP contribution < -0.4 is 5.32 Å². The van der Waals surface area contributed by atoms with E-state index < -0.39 is 0 Å². The normalized spacial score (nSPS) is 31.2. The summed E-state index contributed by atoms with van der Waals surface area (Å²) in [5, 5.41) is 3.66. The van der Waals surface area contributed by atoms with Crippen LogP contribution in [0.2, 0.25) is 0 Å². The van der Waals surface area contributed by atoms with Crippen molar-refractivity contribution in [3.8, 4) is 0 Å². The van der Waals surface area contributed by atoms with Crippen LogP contribution in [0.5, 0.6) is 0 Å². The predicted octanol–water partition coefficient (Wildman–Crippen LogP) is 3.31. The first-order valence-electron chi connectivity index (χ1n) is 6.79. The van der Waals surface area contributed by atoms with Gasteiger partial charge in [0, 0.05) is 24.2 Å². The number of nitrogens with one attached hydrogen (secondary N) is 1. The number of hydrogen-bond acceptors (Lipinski definition) is 2. The number of piperidine rings is 1. The molecule has 90 valence electrons. The molecule has 0 bridgehead atoms. The number of fused-ring (bicyclic) bond motifs is 1. The van der Waals surface area contributed by atoms with Crippen molar-refractivity contribution in [2.45, 2.75) is 38.1 Å². The fraction of sp³-hybridized carbons (Fsp3) is 0.533. The first-order chi connectivity index (χ1) is 8.43. The molecule has 17 heavy (non-hydrogen) atoms. The minimum atomic E-state index is 0.692. The van der Waals surface area contributed by atoms with Crippen LogP contribution in [0.25, 0.3) is 0 Å². The third-order valence-electron chi connectivity index (χ3n) is 4.01. The van der Waals surface area contributed by atoms with Gasteiger partial charge in [0.2, 0.25) is 0 Å². The van der Waals surface area contributed by atoms with Crippen molar-refractivity contribution in [2.75, 3.05) is 6.54 Å². The number of nitrogens with zero attached hydrogens (tertiary/aromatic N) is 1. The van der Waals surface area contributed by atoms with Gasteiger partial charge in [-0.15, -0.1) is 0 Å². The number of para-hydroxylation sites is 1. The van der Waals surface area contributed by atoms with E-state index in [1.165, 1.54) is 31.4 Å². The maximum Gasteiger partial charge on any atom is 0.0629 e. The molecule has 0 amide bonds. The quantitative estimate of drug-likeness (QED) is 0.783. The Morgan fingerprint density at radius 2 is 1.88 bits per heavy atom. The molecule has 2 fully saturated rings. The molecule has 2 nitrogen and oxygen atoms in total. The second kappa shape index (κ2) is 5.01. The maximum absolute atomic E-state index is 4.88. The molecule has 2 unspecified atom stereocenters. The van der Waals surface area contributed by atoms with Crippen LogP contribution in [0.4, 0.5) is 5.69 Å². The minimum Gasteiger partial charge on any atom is -0.313 e. The van der Waals surface area contributed by atoms with Crippen LogP contribution in [-0.4, -0.2) is 18.3 Å². The Kier molecular flexibility index (Phi) is 3.23. The number of aliphatic imine (C=N–C) groups is 1. The molecule has 1 N–H and O–H groups in total. The summed E-state index contributed by atoms with van der Waals surface area (Å²) in [6.45, 7) is 1.10. The van der Waals surface area contributed by atoms with E-state index in [-0.39, 0.29) is 0 Å². The molecule has 0 radical (unpaired) electrons. The molecule has 2 atom stereocenters. The highest BCUT2D eigenvalue weighted by molar-refractivity contribution is 5.90. The average Bonchev–Trinajstić information content (AvgIpc) is 2.40. The lowest BCUT2D eigenvalue weighted by atomic mass is 9.78. The summed E-state index contributed by atoms with van der Waals surface area (Å²) in [6, 6.07) is 11.1. The Morgan fingerprint density at radius 3 is 2.76 bits per heavy atom. The van der Waals surface area contributed by atoms with E-state index in [9.17, 15) is 0 Å². The fourth-order valence-electron chi connectivity index (χ4n) is 3.15. The Labute approximate surface area is 103 Å². The zero-order valence-corrected chi connectivity index (χ0v) is 10.2. The molecule has 0 spiro atoms. The molecule has 0 aromatic heterocycles. The van der Waals surface area contributed by atoms with Crippen molar-refractivity contribution in [2.24, 2.45) is 10.9 Å². The summed E-state index contributed by atoms with van der Waals surface area (Å²) in [6.07, 6.45) is 6.53. The highest BCUT2D eigenvalue weighted by Crippen LogP contribution is 2.30.